The van der Waals surface area contributed by atoms with Gasteiger partial charge in [0.2, 0.25) is 0 Å². The van der Waals surface area contributed by atoms with E-state index in [1.165, 1.54) is 5.69 Å². The monoisotopic (exact) mass is 213 g/mol. The summed E-state index contributed by atoms with van der Waals surface area (Å²) < 4.78 is 0. The van der Waals surface area contributed by atoms with E-state index in [1.807, 2.05) is 6.92 Å². The fourth-order valence-corrected chi connectivity index (χ4v) is 1.89. The van der Waals surface area contributed by atoms with Crippen LogP contribution in [0.3, 0.4) is 0 Å². The Balaban J connectivity index is 2.23. The average Bonchev–Trinajstić information content (AvgIpc) is 2.52. The summed E-state index contributed by atoms with van der Waals surface area (Å²) in [4.78, 5) is 6.72. The van der Waals surface area contributed by atoms with E-state index in [4.69, 9.17) is 0 Å². The molecule has 80 valence electrons. The summed E-state index contributed by atoms with van der Waals surface area (Å²) >= 11 is 1.72. The molecule has 0 atom stereocenters. The molecular weight excluding hydrogens is 194 g/mol. The smallest absolute Gasteiger partial charge is 0.0897 e. The molecule has 1 aromatic rings. The second kappa shape index (κ2) is 6.11. The first-order chi connectivity index (χ1) is 6.72. The maximum absolute atomic E-state index is 4.44. The second-order valence-corrected chi connectivity index (χ2v) is 4.51. The third-order valence-corrected chi connectivity index (χ3v) is 2.84. The van der Waals surface area contributed by atoms with E-state index in [0.717, 1.165) is 31.2 Å². The zero-order valence-corrected chi connectivity index (χ0v) is 10.0. The molecule has 0 aromatic carbocycles. The fraction of sp³-hybridized carbons (Fsp3) is 0.700. The molecule has 0 radical (unpaired) electrons. The molecule has 0 aliphatic rings. The maximum atomic E-state index is 4.44. The largest absolute Gasteiger partial charge is 0.316 e. The molecule has 0 unspecified atom stereocenters. The molecule has 3 nitrogen and oxygen atoms in total. The van der Waals surface area contributed by atoms with Crippen LogP contribution in [0, 0.1) is 6.92 Å². The summed E-state index contributed by atoms with van der Waals surface area (Å²) in [5.41, 5.74) is 1.19. The lowest BCUT2D eigenvalue weighted by Crippen LogP contribution is -2.28. The van der Waals surface area contributed by atoms with Gasteiger partial charge in [0, 0.05) is 25.0 Å². The highest BCUT2D eigenvalue weighted by Gasteiger charge is 2.02. The molecular formula is C10H19N3S. The van der Waals surface area contributed by atoms with Gasteiger partial charge < -0.3 is 5.32 Å². The Hall–Kier alpha value is -0.450. The molecule has 0 aliphatic carbocycles. The Morgan fingerprint density at radius 1 is 1.57 bits per heavy atom. The molecule has 4 heteroatoms. The Morgan fingerprint density at radius 2 is 2.36 bits per heavy atom. The predicted molar refractivity (Wildman–Crippen MR) is 61.7 cm³/mol. The van der Waals surface area contributed by atoms with Crippen molar-refractivity contribution in [2.75, 3.05) is 26.7 Å². The van der Waals surface area contributed by atoms with E-state index >= 15 is 0 Å². The topological polar surface area (TPSA) is 28.2 Å². The minimum absolute atomic E-state index is 0.954. The lowest BCUT2D eigenvalue weighted by Gasteiger charge is -2.14. The number of rotatable bonds is 6. The van der Waals surface area contributed by atoms with Gasteiger partial charge in [0.15, 0.2) is 0 Å². The third-order valence-electron chi connectivity index (χ3n) is 2.02. The molecule has 0 aliphatic heterocycles. The maximum Gasteiger partial charge on any atom is 0.0897 e. The minimum atomic E-state index is 0.954. The SMILES string of the molecule is CCNCCN(C)Cc1csc(C)n1. The first-order valence-corrected chi connectivity index (χ1v) is 5.90. The summed E-state index contributed by atoms with van der Waals surface area (Å²) in [5, 5.41) is 6.60. The number of aromatic nitrogens is 1. The number of hydrogen-bond donors (Lipinski definition) is 1. The minimum Gasteiger partial charge on any atom is -0.316 e. The molecule has 1 aromatic heterocycles. The molecule has 1 N–H and O–H groups in total. The number of hydrogen-bond acceptors (Lipinski definition) is 4. The Labute approximate surface area is 90.2 Å². The molecule has 1 heterocycles. The summed E-state index contributed by atoms with van der Waals surface area (Å²) in [6, 6.07) is 0. The van der Waals surface area contributed by atoms with Crippen LogP contribution < -0.4 is 5.32 Å². The summed E-state index contributed by atoms with van der Waals surface area (Å²) in [5.74, 6) is 0. The van der Waals surface area contributed by atoms with Crippen LogP contribution in [0.1, 0.15) is 17.6 Å². The molecule has 0 bridgehead atoms. The van der Waals surface area contributed by atoms with E-state index in [2.05, 4.69) is 34.6 Å². The van der Waals surface area contributed by atoms with Crippen molar-refractivity contribution in [2.24, 2.45) is 0 Å². The Bertz CT molecular complexity index is 260. The standard InChI is InChI=1S/C10H19N3S/c1-4-11-5-6-13(3)7-10-8-14-9(2)12-10/h8,11H,4-7H2,1-3H3. The van der Waals surface area contributed by atoms with Crippen molar-refractivity contribution >= 4 is 11.3 Å². The van der Waals surface area contributed by atoms with Gasteiger partial charge in [-0.1, -0.05) is 6.92 Å². The van der Waals surface area contributed by atoms with Gasteiger partial charge >= 0.3 is 0 Å². The molecule has 1 rings (SSSR count). The van der Waals surface area contributed by atoms with Crippen molar-refractivity contribution in [1.82, 2.24) is 15.2 Å². The van der Waals surface area contributed by atoms with Crippen LogP contribution in [-0.4, -0.2) is 36.6 Å². The zero-order valence-electron chi connectivity index (χ0n) is 9.21. The van der Waals surface area contributed by atoms with Gasteiger partial charge in [-0.25, -0.2) is 4.98 Å². The highest BCUT2D eigenvalue weighted by Crippen LogP contribution is 2.09. The van der Waals surface area contributed by atoms with Gasteiger partial charge in [0.1, 0.15) is 0 Å². The highest BCUT2D eigenvalue weighted by molar-refractivity contribution is 7.09. The first-order valence-electron chi connectivity index (χ1n) is 5.02. The zero-order chi connectivity index (χ0) is 10.4. The number of likely N-dealkylation sites (N-methyl/N-ethyl adjacent to an activating group) is 2. The van der Waals surface area contributed by atoms with Crippen LogP contribution in [0.25, 0.3) is 0 Å². The number of nitrogens with zero attached hydrogens (tertiary/aromatic N) is 2. The van der Waals surface area contributed by atoms with E-state index in [1.54, 1.807) is 11.3 Å². The molecule has 14 heavy (non-hydrogen) atoms. The van der Waals surface area contributed by atoms with Crippen molar-refractivity contribution in [2.45, 2.75) is 20.4 Å². The summed E-state index contributed by atoms with van der Waals surface area (Å²) in [6.07, 6.45) is 0. The lowest BCUT2D eigenvalue weighted by molar-refractivity contribution is 0.322. The highest BCUT2D eigenvalue weighted by atomic mass is 32.1. The molecule has 0 amide bonds. The molecule has 0 saturated carbocycles. The van der Waals surface area contributed by atoms with Crippen LogP contribution in [0.2, 0.25) is 0 Å². The van der Waals surface area contributed by atoms with Crippen molar-refractivity contribution < 1.29 is 0 Å². The van der Waals surface area contributed by atoms with E-state index in [0.29, 0.717) is 0 Å². The second-order valence-electron chi connectivity index (χ2n) is 3.45. The predicted octanol–water partition coefficient (Wildman–Crippen LogP) is 1.49. The van der Waals surface area contributed by atoms with Crippen LogP contribution in [0.5, 0.6) is 0 Å². The molecule has 0 saturated heterocycles. The summed E-state index contributed by atoms with van der Waals surface area (Å²) in [6.45, 7) is 8.30. The Morgan fingerprint density at radius 3 is 2.93 bits per heavy atom. The fourth-order valence-electron chi connectivity index (χ4n) is 1.28. The van der Waals surface area contributed by atoms with Gasteiger partial charge in [0.25, 0.3) is 0 Å². The quantitative estimate of drug-likeness (QED) is 0.726. The van der Waals surface area contributed by atoms with Crippen LogP contribution >= 0.6 is 11.3 Å². The van der Waals surface area contributed by atoms with E-state index in [9.17, 15) is 0 Å². The van der Waals surface area contributed by atoms with Crippen LogP contribution in [0.4, 0.5) is 0 Å². The number of thiazole rings is 1. The molecule has 0 fully saturated rings. The summed E-state index contributed by atoms with van der Waals surface area (Å²) in [7, 11) is 2.13. The van der Waals surface area contributed by atoms with E-state index < -0.39 is 0 Å². The normalized spacial score (nSPS) is 11.1. The number of aryl methyl sites for hydroxylation is 1. The van der Waals surface area contributed by atoms with Crippen molar-refractivity contribution in [3.05, 3.63) is 16.1 Å². The lowest BCUT2D eigenvalue weighted by atomic mass is 10.4. The van der Waals surface area contributed by atoms with Crippen LogP contribution in [0.15, 0.2) is 5.38 Å². The van der Waals surface area contributed by atoms with Crippen LogP contribution in [-0.2, 0) is 6.54 Å². The average molecular weight is 213 g/mol. The Kier molecular flexibility index (Phi) is 5.07. The van der Waals surface area contributed by atoms with Crippen molar-refractivity contribution in [1.29, 1.82) is 0 Å². The number of nitrogens with one attached hydrogen (secondary N) is 1. The third kappa shape index (κ3) is 4.17. The van der Waals surface area contributed by atoms with E-state index in [-0.39, 0.29) is 0 Å². The van der Waals surface area contributed by atoms with Gasteiger partial charge in [-0.15, -0.1) is 11.3 Å². The van der Waals surface area contributed by atoms with Crippen molar-refractivity contribution in [3.8, 4) is 0 Å². The van der Waals surface area contributed by atoms with Gasteiger partial charge in [-0.05, 0) is 20.5 Å². The van der Waals surface area contributed by atoms with Gasteiger partial charge in [-0.3, -0.25) is 4.90 Å². The van der Waals surface area contributed by atoms with Crippen molar-refractivity contribution in [3.63, 3.8) is 0 Å². The molecule has 0 spiro atoms. The van der Waals surface area contributed by atoms with Gasteiger partial charge in [0.05, 0.1) is 10.7 Å². The first kappa shape index (κ1) is 11.6. The van der Waals surface area contributed by atoms with Gasteiger partial charge in [-0.2, -0.15) is 0 Å².